The van der Waals surface area contributed by atoms with Gasteiger partial charge < -0.3 is 19.5 Å². The Bertz CT molecular complexity index is 569. The first-order valence-electron chi connectivity index (χ1n) is 7.46. The number of rotatable bonds is 10. The lowest BCUT2D eigenvalue weighted by Crippen LogP contribution is -2.25. The second-order valence-electron chi connectivity index (χ2n) is 4.60. The Morgan fingerprint density at radius 3 is 2.77 bits per heavy atom. The molecule has 0 aromatic carbocycles. The number of hydrogen-bond donors (Lipinski definition) is 1. The number of anilines is 1. The molecule has 0 aliphatic carbocycles. The van der Waals surface area contributed by atoms with Gasteiger partial charge in [0.25, 0.3) is 5.78 Å². The fourth-order valence-electron chi connectivity index (χ4n) is 2.00. The van der Waals surface area contributed by atoms with Gasteiger partial charge in [-0.3, -0.25) is 0 Å². The summed E-state index contributed by atoms with van der Waals surface area (Å²) < 4.78 is 18.1. The van der Waals surface area contributed by atoms with Crippen molar-refractivity contribution in [2.45, 2.75) is 27.1 Å². The molecule has 0 atom stereocenters. The zero-order chi connectivity index (χ0) is 15.8. The molecule has 8 heteroatoms. The molecule has 0 amide bonds. The molecule has 1 N–H and O–H groups in total. The van der Waals surface area contributed by atoms with Gasteiger partial charge >= 0.3 is 0 Å². The van der Waals surface area contributed by atoms with Crippen molar-refractivity contribution in [1.29, 1.82) is 0 Å². The molecule has 0 radical (unpaired) electrons. The summed E-state index contributed by atoms with van der Waals surface area (Å²) in [5.74, 6) is 1.42. The zero-order valence-corrected chi connectivity index (χ0v) is 13.3. The van der Waals surface area contributed by atoms with Gasteiger partial charge in [-0.15, -0.1) is 0 Å². The van der Waals surface area contributed by atoms with Crippen molar-refractivity contribution in [3.05, 3.63) is 18.1 Å². The number of nitrogens with zero attached hydrogens (tertiary/aromatic N) is 4. The molecule has 8 nitrogen and oxygen atoms in total. The number of hydrogen-bond acceptors (Lipinski definition) is 7. The molecular formula is C14H23N5O3. The van der Waals surface area contributed by atoms with E-state index in [1.54, 1.807) is 4.52 Å². The van der Waals surface area contributed by atoms with Crippen LogP contribution < -0.4 is 5.32 Å². The number of aryl methyl sites for hydroxylation is 1. The van der Waals surface area contributed by atoms with E-state index in [-0.39, 0.29) is 6.29 Å². The van der Waals surface area contributed by atoms with Crippen LogP contribution in [0, 0.1) is 6.92 Å². The van der Waals surface area contributed by atoms with E-state index in [9.17, 15) is 0 Å². The molecule has 0 fully saturated rings. The van der Waals surface area contributed by atoms with Crippen LogP contribution in [-0.4, -0.2) is 58.8 Å². The van der Waals surface area contributed by atoms with E-state index in [1.165, 1.54) is 6.33 Å². The number of fused-ring (bicyclic) bond motifs is 1. The van der Waals surface area contributed by atoms with Gasteiger partial charge in [0.1, 0.15) is 12.1 Å². The van der Waals surface area contributed by atoms with Crippen molar-refractivity contribution in [2.75, 3.05) is 38.3 Å². The van der Waals surface area contributed by atoms with E-state index in [4.69, 9.17) is 14.2 Å². The highest BCUT2D eigenvalue weighted by Gasteiger charge is 2.08. The van der Waals surface area contributed by atoms with Crippen molar-refractivity contribution >= 4 is 11.6 Å². The lowest BCUT2D eigenvalue weighted by atomic mass is 10.4. The standard InChI is InChI=1S/C14H23N5O3/c1-4-21-13(22-5-2)9-20-7-6-15-12-8-11(3)18-14-16-10-17-19(12)14/h8,10,13,15H,4-7,9H2,1-3H3. The monoisotopic (exact) mass is 309 g/mol. The third-order valence-corrected chi connectivity index (χ3v) is 2.89. The topological polar surface area (TPSA) is 82.8 Å². The van der Waals surface area contributed by atoms with Crippen LogP contribution in [0.5, 0.6) is 0 Å². The Labute approximate surface area is 129 Å². The average Bonchev–Trinajstić information content (AvgIpc) is 2.95. The van der Waals surface area contributed by atoms with Crippen LogP contribution in [0.1, 0.15) is 19.5 Å². The van der Waals surface area contributed by atoms with Crippen molar-refractivity contribution in [1.82, 2.24) is 19.6 Å². The molecule has 0 spiro atoms. The summed E-state index contributed by atoms with van der Waals surface area (Å²) in [6, 6.07) is 1.92. The first-order valence-corrected chi connectivity index (χ1v) is 7.46. The molecule has 0 aliphatic rings. The molecule has 122 valence electrons. The lowest BCUT2D eigenvalue weighted by Gasteiger charge is -2.17. The first-order chi connectivity index (χ1) is 10.7. The van der Waals surface area contributed by atoms with Crippen molar-refractivity contribution in [3.63, 3.8) is 0 Å². The molecular weight excluding hydrogens is 286 g/mol. The van der Waals surface area contributed by atoms with Crippen LogP contribution in [0.3, 0.4) is 0 Å². The maximum Gasteiger partial charge on any atom is 0.254 e. The van der Waals surface area contributed by atoms with Gasteiger partial charge in [-0.25, -0.2) is 4.98 Å². The first kappa shape index (κ1) is 16.6. The Morgan fingerprint density at radius 1 is 1.27 bits per heavy atom. The summed E-state index contributed by atoms with van der Waals surface area (Å²) in [5, 5.41) is 7.40. The van der Waals surface area contributed by atoms with Gasteiger partial charge in [0.05, 0.1) is 13.2 Å². The second-order valence-corrected chi connectivity index (χ2v) is 4.60. The highest BCUT2D eigenvalue weighted by Crippen LogP contribution is 2.09. The zero-order valence-electron chi connectivity index (χ0n) is 13.3. The predicted octanol–water partition coefficient (Wildman–Crippen LogP) is 1.26. The van der Waals surface area contributed by atoms with Gasteiger partial charge in [0.2, 0.25) is 0 Å². The highest BCUT2D eigenvalue weighted by atomic mass is 16.7. The van der Waals surface area contributed by atoms with Crippen molar-refractivity contribution < 1.29 is 14.2 Å². The van der Waals surface area contributed by atoms with E-state index in [2.05, 4.69) is 20.4 Å². The molecule has 22 heavy (non-hydrogen) atoms. The average molecular weight is 309 g/mol. The van der Waals surface area contributed by atoms with Crippen LogP contribution >= 0.6 is 0 Å². The molecule has 2 rings (SSSR count). The molecule has 0 unspecified atom stereocenters. The van der Waals surface area contributed by atoms with E-state index in [1.807, 2.05) is 26.8 Å². The summed E-state index contributed by atoms with van der Waals surface area (Å²) in [5.41, 5.74) is 0.886. The minimum atomic E-state index is -0.305. The molecule has 0 saturated carbocycles. The molecule has 0 aliphatic heterocycles. The van der Waals surface area contributed by atoms with Crippen LogP contribution in [-0.2, 0) is 14.2 Å². The highest BCUT2D eigenvalue weighted by molar-refractivity contribution is 5.44. The van der Waals surface area contributed by atoms with Gasteiger partial charge in [-0.2, -0.15) is 14.6 Å². The number of nitrogens with one attached hydrogen (secondary N) is 1. The van der Waals surface area contributed by atoms with E-state index < -0.39 is 0 Å². The molecule has 0 bridgehead atoms. The van der Waals surface area contributed by atoms with Gasteiger partial charge in [0.15, 0.2) is 6.29 Å². The van der Waals surface area contributed by atoms with Crippen molar-refractivity contribution in [3.8, 4) is 0 Å². The van der Waals surface area contributed by atoms with Crippen LogP contribution in [0.4, 0.5) is 5.82 Å². The Kier molecular flexibility index (Phi) is 6.50. The fraction of sp³-hybridized carbons (Fsp3) is 0.643. The Hall–Kier alpha value is -1.77. The fourth-order valence-corrected chi connectivity index (χ4v) is 2.00. The maximum absolute atomic E-state index is 5.57. The minimum Gasteiger partial charge on any atom is -0.374 e. The maximum atomic E-state index is 5.57. The van der Waals surface area contributed by atoms with Gasteiger partial charge in [-0.1, -0.05) is 0 Å². The van der Waals surface area contributed by atoms with E-state index in [0.717, 1.165) is 11.5 Å². The smallest absolute Gasteiger partial charge is 0.254 e. The quantitative estimate of drug-likeness (QED) is 0.522. The van der Waals surface area contributed by atoms with E-state index >= 15 is 0 Å². The number of ether oxygens (including phenoxy) is 3. The van der Waals surface area contributed by atoms with Crippen LogP contribution in [0.2, 0.25) is 0 Å². The predicted molar refractivity (Wildman–Crippen MR) is 81.9 cm³/mol. The van der Waals surface area contributed by atoms with Gasteiger partial charge in [0, 0.05) is 31.5 Å². The summed E-state index contributed by atoms with van der Waals surface area (Å²) in [7, 11) is 0. The molecule has 2 aromatic rings. The van der Waals surface area contributed by atoms with Crippen LogP contribution in [0.25, 0.3) is 5.78 Å². The minimum absolute atomic E-state index is 0.305. The number of aromatic nitrogens is 4. The summed E-state index contributed by atoms with van der Waals surface area (Å²) in [6.45, 7) is 8.59. The van der Waals surface area contributed by atoms with E-state index in [0.29, 0.717) is 38.7 Å². The Balaban J connectivity index is 1.77. The largest absolute Gasteiger partial charge is 0.374 e. The summed E-state index contributed by atoms with van der Waals surface area (Å²) in [4.78, 5) is 8.38. The third kappa shape index (κ3) is 4.62. The Morgan fingerprint density at radius 2 is 2.05 bits per heavy atom. The second kappa shape index (κ2) is 8.62. The third-order valence-electron chi connectivity index (χ3n) is 2.89. The molecule has 2 heterocycles. The lowest BCUT2D eigenvalue weighted by molar-refractivity contribution is -0.166. The van der Waals surface area contributed by atoms with Gasteiger partial charge in [-0.05, 0) is 20.8 Å². The molecule has 2 aromatic heterocycles. The SMILES string of the molecule is CCOC(COCCNc1cc(C)nc2ncnn12)OCC. The van der Waals surface area contributed by atoms with Crippen LogP contribution in [0.15, 0.2) is 12.4 Å². The normalized spacial score (nSPS) is 11.5. The molecule has 0 saturated heterocycles. The van der Waals surface area contributed by atoms with Crippen molar-refractivity contribution in [2.24, 2.45) is 0 Å². The summed E-state index contributed by atoms with van der Waals surface area (Å²) in [6.07, 6.45) is 1.18. The summed E-state index contributed by atoms with van der Waals surface area (Å²) >= 11 is 0.